The second-order valence-electron chi connectivity index (χ2n) is 5.11. The second-order valence-corrected chi connectivity index (χ2v) is 5.11. The van der Waals surface area contributed by atoms with Crippen molar-refractivity contribution in [3.63, 3.8) is 0 Å². The van der Waals surface area contributed by atoms with Crippen LogP contribution < -0.4 is 11.5 Å². The third-order valence-electron chi connectivity index (χ3n) is 3.22. The summed E-state index contributed by atoms with van der Waals surface area (Å²) in [5, 5.41) is 8.81. The summed E-state index contributed by atoms with van der Waals surface area (Å²) in [5.41, 5.74) is 10.8. The zero-order chi connectivity index (χ0) is 13.4. The SMILES string of the molecule is C[C@@H](CCCO)C[C@@H]1CC=C[C@@H](CC=C(N)N)O1. The number of hydrogen-bond donors (Lipinski definition) is 3. The smallest absolute Gasteiger partial charge is 0.0893 e. The summed E-state index contributed by atoms with van der Waals surface area (Å²) in [7, 11) is 0. The maximum Gasteiger partial charge on any atom is 0.0893 e. The van der Waals surface area contributed by atoms with E-state index in [1.807, 2.05) is 0 Å². The molecular formula is C14H26N2O2. The first-order chi connectivity index (χ1) is 8.61. The molecule has 18 heavy (non-hydrogen) atoms. The molecule has 1 rings (SSSR count). The number of rotatable bonds is 7. The maximum absolute atomic E-state index is 8.81. The molecule has 4 nitrogen and oxygen atoms in total. The Hall–Kier alpha value is -1.00. The lowest BCUT2D eigenvalue weighted by atomic mass is 9.95. The van der Waals surface area contributed by atoms with Gasteiger partial charge in [0.15, 0.2) is 0 Å². The number of nitrogens with two attached hydrogens (primary N) is 2. The van der Waals surface area contributed by atoms with Gasteiger partial charge in [-0.05, 0) is 44.1 Å². The van der Waals surface area contributed by atoms with Crippen LogP contribution in [0.4, 0.5) is 0 Å². The molecule has 0 unspecified atom stereocenters. The third kappa shape index (κ3) is 6.07. The van der Waals surface area contributed by atoms with Crippen molar-refractivity contribution in [3.8, 4) is 0 Å². The number of aliphatic hydroxyl groups is 1. The van der Waals surface area contributed by atoms with Crippen molar-refractivity contribution in [3.05, 3.63) is 24.0 Å². The number of ether oxygens (including phenoxy) is 1. The Kier molecular flexibility index (Phi) is 6.83. The van der Waals surface area contributed by atoms with Gasteiger partial charge in [-0.3, -0.25) is 0 Å². The molecule has 0 bridgehead atoms. The van der Waals surface area contributed by atoms with Gasteiger partial charge in [0.1, 0.15) is 0 Å². The molecule has 4 heteroatoms. The van der Waals surface area contributed by atoms with Crippen molar-refractivity contribution in [2.75, 3.05) is 6.61 Å². The fourth-order valence-corrected chi connectivity index (χ4v) is 2.27. The van der Waals surface area contributed by atoms with Gasteiger partial charge in [0.2, 0.25) is 0 Å². The normalized spacial score (nSPS) is 24.8. The Balaban J connectivity index is 2.32. The van der Waals surface area contributed by atoms with Crippen LogP contribution in [-0.2, 0) is 4.74 Å². The van der Waals surface area contributed by atoms with Gasteiger partial charge in [0, 0.05) is 6.61 Å². The fourth-order valence-electron chi connectivity index (χ4n) is 2.27. The predicted octanol–water partition coefficient (Wildman–Crippen LogP) is 1.65. The molecule has 0 aromatic heterocycles. The van der Waals surface area contributed by atoms with E-state index in [9.17, 15) is 0 Å². The summed E-state index contributed by atoms with van der Waals surface area (Å²) >= 11 is 0. The molecule has 0 radical (unpaired) electrons. The molecule has 0 amide bonds. The molecular weight excluding hydrogens is 228 g/mol. The van der Waals surface area contributed by atoms with Gasteiger partial charge >= 0.3 is 0 Å². The quantitative estimate of drug-likeness (QED) is 0.603. The average molecular weight is 254 g/mol. The van der Waals surface area contributed by atoms with Gasteiger partial charge in [-0.15, -0.1) is 0 Å². The lowest BCUT2D eigenvalue weighted by Crippen LogP contribution is -2.26. The Morgan fingerprint density at radius 2 is 2.33 bits per heavy atom. The number of hydrogen-bond acceptors (Lipinski definition) is 4. The molecule has 0 spiro atoms. The van der Waals surface area contributed by atoms with Crippen LogP contribution in [0.25, 0.3) is 0 Å². The molecule has 1 aliphatic rings. The largest absolute Gasteiger partial charge is 0.396 e. The lowest BCUT2D eigenvalue weighted by molar-refractivity contribution is -0.00527. The van der Waals surface area contributed by atoms with Crippen LogP contribution in [0.15, 0.2) is 24.0 Å². The lowest BCUT2D eigenvalue weighted by Gasteiger charge is -2.27. The Morgan fingerprint density at radius 3 is 3.00 bits per heavy atom. The molecule has 0 fully saturated rings. The van der Waals surface area contributed by atoms with Crippen LogP contribution in [0.1, 0.15) is 39.0 Å². The van der Waals surface area contributed by atoms with Crippen LogP contribution in [0.5, 0.6) is 0 Å². The first-order valence-corrected chi connectivity index (χ1v) is 6.76. The summed E-state index contributed by atoms with van der Waals surface area (Å²) in [4.78, 5) is 0. The standard InChI is InChI=1S/C14H26N2O2/c1-11(4-3-9-17)10-13-6-2-5-12(18-13)7-8-14(15)16/h2,5,8,11-13,17H,3-4,6-7,9-10,15-16H2,1H3/t11-,12-,13-/m0/s1. The van der Waals surface area contributed by atoms with Crippen molar-refractivity contribution in [1.82, 2.24) is 0 Å². The molecule has 1 heterocycles. The molecule has 104 valence electrons. The Morgan fingerprint density at radius 1 is 1.56 bits per heavy atom. The van der Waals surface area contributed by atoms with E-state index in [-0.39, 0.29) is 18.8 Å². The van der Waals surface area contributed by atoms with Crippen LogP contribution >= 0.6 is 0 Å². The Bertz CT molecular complexity index is 286. The van der Waals surface area contributed by atoms with Crippen LogP contribution in [0.2, 0.25) is 0 Å². The van der Waals surface area contributed by atoms with E-state index in [4.69, 9.17) is 21.3 Å². The zero-order valence-electron chi connectivity index (χ0n) is 11.2. The van der Waals surface area contributed by atoms with Gasteiger partial charge in [-0.2, -0.15) is 0 Å². The van der Waals surface area contributed by atoms with E-state index < -0.39 is 0 Å². The van der Waals surface area contributed by atoms with Crippen molar-refractivity contribution in [2.24, 2.45) is 17.4 Å². The summed E-state index contributed by atoms with van der Waals surface area (Å²) in [6.45, 7) is 2.49. The van der Waals surface area contributed by atoms with E-state index in [1.54, 1.807) is 6.08 Å². The van der Waals surface area contributed by atoms with E-state index in [2.05, 4.69) is 19.1 Å². The molecule has 0 saturated heterocycles. The van der Waals surface area contributed by atoms with Crippen molar-refractivity contribution in [2.45, 2.75) is 51.2 Å². The highest BCUT2D eigenvalue weighted by atomic mass is 16.5. The first-order valence-electron chi connectivity index (χ1n) is 6.76. The summed E-state index contributed by atoms with van der Waals surface area (Å²) in [5.74, 6) is 0.940. The van der Waals surface area contributed by atoms with E-state index >= 15 is 0 Å². The fraction of sp³-hybridized carbons (Fsp3) is 0.714. The van der Waals surface area contributed by atoms with Crippen molar-refractivity contribution in [1.29, 1.82) is 0 Å². The summed E-state index contributed by atoms with van der Waals surface area (Å²) < 4.78 is 5.98. The topological polar surface area (TPSA) is 81.5 Å². The van der Waals surface area contributed by atoms with Crippen LogP contribution in [-0.4, -0.2) is 23.9 Å². The highest BCUT2D eigenvalue weighted by molar-refractivity contribution is 5.01. The predicted molar refractivity (Wildman–Crippen MR) is 73.6 cm³/mol. The van der Waals surface area contributed by atoms with E-state index in [0.717, 1.165) is 32.1 Å². The second kappa shape index (κ2) is 8.16. The van der Waals surface area contributed by atoms with Crippen LogP contribution in [0.3, 0.4) is 0 Å². The summed E-state index contributed by atoms with van der Waals surface area (Å²) in [6, 6.07) is 0. The maximum atomic E-state index is 8.81. The van der Waals surface area contributed by atoms with Gasteiger partial charge in [-0.25, -0.2) is 0 Å². The van der Waals surface area contributed by atoms with Gasteiger partial charge in [-0.1, -0.05) is 19.1 Å². The third-order valence-corrected chi connectivity index (χ3v) is 3.22. The van der Waals surface area contributed by atoms with Gasteiger partial charge in [0.25, 0.3) is 0 Å². The highest BCUT2D eigenvalue weighted by Gasteiger charge is 2.19. The Labute approximate surface area is 110 Å². The molecule has 5 N–H and O–H groups in total. The summed E-state index contributed by atoms with van der Waals surface area (Å²) in [6.07, 6.45) is 11.1. The van der Waals surface area contributed by atoms with Gasteiger partial charge in [0.05, 0.1) is 18.0 Å². The minimum absolute atomic E-state index is 0.0934. The monoisotopic (exact) mass is 254 g/mol. The molecule has 1 aliphatic heterocycles. The molecule has 3 atom stereocenters. The van der Waals surface area contributed by atoms with Crippen molar-refractivity contribution >= 4 is 0 Å². The molecule has 0 aliphatic carbocycles. The first kappa shape index (κ1) is 15.1. The van der Waals surface area contributed by atoms with Crippen molar-refractivity contribution < 1.29 is 9.84 Å². The molecule has 0 aromatic rings. The highest BCUT2D eigenvalue weighted by Crippen LogP contribution is 2.23. The molecule has 0 aromatic carbocycles. The number of aliphatic hydroxyl groups excluding tert-OH is 1. The van der Waals surface area contributed by atoms with E-state index in [0.29, 0.717) is 11.7 Å². The minimum atomic E-state index is 0.0934. The van der Waals surface area contributed by atoms with E-state index in [1.165, 1.54) is 0 Å². The minimum Gasteiger partial charge on any atom is -0.396 e. The molecule has 0 saturated carbocycles. The zero-order valence-corrected chi connectivity index (χ0v) is 11.2. The average Bonchev–Trinajstić information content (AvgIpc) is 2.34. The van der Waals surface area contributed by atoms with Crippen LogP contribution in [0, 0.1) is 5.92 Å². The van der Waals surface area contributed by atoms with Gasteiger partial charge < -0.3 is 21.3 Å².